The van der Waals surface area contributed by atoms with Crippen molar-refractivity contribution in [2.75, 3.05) is 13.7 Å². The van der Waals surface area contributed by atoms with Crippen molar-refractivity contribution < 1.29 is 18.3 Å². The molecule has 1 atom stereocenters. The Labute approximate surface area is 164 Å². The van der Waals surface area contributed by atoms with E-state index in [0.717, 1.165) is 0 Å². The molecule has 9 heteroatoms. The lowest BCUT2D eigenvalue weighted by molar-refractivity contribution is 0.0903. The van der Waals surface area contributed by atoms with Gasteiger partial charge in [-0.2, -0.15) is 11.3 Å². The minimum absolute atomic E-state index is 0.0775. The fourth-order valence-electron chi connectivity index (χ4n) is 2.48. The van der Waals surface area contributed by atoms with E-state index < -0.39 is 15.6 Å². The maximum Gasteiger partial charge on any atom is 0.244 e. The monoisotopic (exact) mass is 429 g/mol. The summed E-state index contributed by atoms with van der Waals surface area (Å²) in [4.78, 5) is 0.572. The molecule has 5 nitrogen and oxygen atoms in total. The largest absolute Gasteiger partial charge is 0.495 e. The molecule has 0 saturated carbocycles. The van der Waals surface area contributed by atoms with Crippen LogP contribution < -0.4 is 9.46 Å². The quantitative estimate of drug-likeness (QED) is 0.600. The Morgan fingerprint density at radius 2 is 2.08 bits per heavy atom. The molecular formula is C17H16ClNO4S3. The molecule has 26 heavy (non-hydrogen) atoms. The van der Waals surface area contributed by atoms with Crippen LogP contribution in [0.25, 0.3) is 0 Å². The van der Waals surface area contributed by atoms with Crippen LogP contribution in [0.5, 0.6) is 5.75 Å². The second-order valence-electron chi connectivity index (χ2n) is 5.47. The minimum atomic E-state index is -3.95. The Morgan fingerprint density at radius 1 is 1.27 bits per heavy atom. The molecular weight excluding hydrogens is 414 g/mol. The highest BCUT2D eigenvalue weighted by Crippen LogP contribution is 2.34. The van der Waals surface area contributed by atoms with Gasteiger partial charge in [-0.3, -0.25) is 0 Å². The van der Waals surface area contributed by atoms with Crippen LogP contribution in [0.1, 0.15) is 10.4 Å². The van der Waals surface area contributed by atoms with Gasteiger partial charge in [0.2, 0.25) is 10.0 Å². The van der Waals surface area contributed by atoms with Gasteiger partial charge in [0, 0.05) is 22.0 Å². The normalized spacial score (nSPS) is 14.1. The first-order valence-corrected chi connectivity index (χ1v) is 11.2. The first-order chi connectivity index (χ1) is 12.4. The molecule has 0 amide bonds. The number of sulfonamides is 1. The Kier molecular flexibility index (Phi) is 5.71. The summed E-state index contributed by atoms with van der Waals surface area (Å²) >= 11 is 8.73. The lowest BCUT2D eigenvalue weighted by atomic mass is 9.95. The van der Waals surface area contributed by atoms with Gasteiger partial charge in [0.1, 0.15) is 16.2 Å². The summed E-state index contributed by atoms with van der Waals surface area (Å²) in [6, 6.07) is 9.71. The highest BCUT2D eigenvalue weighted by molar-refractivity contribution is 7.89. The number of benzene rings is 1. The lowest BCUT2D eigenvalue weighted by Crippen LogP contribution is -2.41. The van der Waals surface area contributed by atoms with Gasteiger partial charge in [0.25, 0.3) is 0 Å². The summed E-state index contributed by atoms with van der Waals surface area (Å²) in [6.07, 6.45) is 0. The van der Waals surface area contributed by atoms with Crippen LogP contribution >= 0.6 is 34.3 Å². The van der Waals surface area contributed by atoms with Crippen molar-refractivity contribution in [2.45, 2.75) is 10.5 Å². The Bertz CT molecular complexity index is 935. The topological polar surface area (TPSA) is 75.6 Å². The molecule has 1 aromatic carbocycles. The number of halogens is 1. The summed E-state index contributed by atoms with van der Waals surface area (Å²) in [6.45, 7) is -0.220. The van der Waals surface area contributed by atoms with Crippen molar-refractivity contribution in [1.29, 1.82) is 0 Å². The van der Waals surface area contributed by atoms with Crippen molar-refractivity contribution in [3.63, 3.8) is 0 Å². The zero-order chi connectivity index (χ0) is 18.8. The van der Waals surface area contributed by atoms with E-state index in [1.165, 1.54) is 41.9 Å². The van der Waals surface area contributed by atoms with E-state index in [4.69, 9.17) is 16.3 Å². The average molecular weight is 430 g/mol. The number of rotatable bonds is 7. The van der Waals surface area contributed by atoms with E-state index in [0.29, 0.717) is 10.4 Å². The standard InChI is InChI=1S/C17H16ClNO4S3/c1-23-14-5-4-13(18)9-15(14)26(21,22)19-11-17(20,12-6-8-24-10-12)16-3-2-7-25-16/h2-10,19-20H,11H2,1H3/t17-/m0/s1. The van der Waals surface area contributed by atoms with Crippen LogP contribution in [-0.4, -0.2) is 27.2 Å². The number of nitrogens with one attached hydrogen (secondary N) is 1. The van der Waals surface area contributed by atoms with E-state index in [1.807, 2.05) is 16.8 Å². The van der Waals surface area contributed by atoms with Crippen LogP contribution in [0.15, 0.2) is 57.4 Å². The number of hydrogen-bond acceptors (Lipinski definition) is 6. The molecule has 0 spiro atoms. The van der Waals surface area contributed by atoms with Crippen LogP contribution in [-0.2, 0) is 15.6 Å². The number of ether oxygens (including phenoxy) is 1. The first-order valence-electron chi connectivity index (χ1n) is 7.49. The maximum absolute atomic E-state index is 12.8. The van der Waals surface area contributed by atoms with E-state index in [9.17, 15) is 13.5 Å². The van der Waals surface area contributed by atoms with Crippen LogP contribution in [0.4, 0.5) is 0 Å². The van der Waals surface area contributed by atoms with Crippen molar-refractivity contribution in [3.8, 4) is 5.75 Å². The van der Waals surface area contributed by atoms with E-state index >= 15 is 0 Å². The first kappa shape index (κ1) is 19.3. The van der Waals surface area contributed by atoms with E-state index in [2.05, 4.69) is 4.72 Å². The third-order valence-electron chi connectivity index (χ3n) is 3.86. The molecule has 0 aliphatic rings. The Balaban J connectivity index is 1.94. The summed E-state index contributed by atoms with van der Waals surface area (Å²) in [7, 11) is -2.57. The molecule has 0 bridgehead atoms. The second kappa shape index (κ2) is 7.67. The highest BCUT2D eigenvalue weighted by atomic mass is 35.5. The summed E-state index contributed by atoms with van der Waals surface area (Å²) in [5.74, 6) is 0.178. The van der Waals surface area contributed by atoms with Crippen molar-refractivity contribution >= 4 is 44.3 Å². The average Bonchev–Trinajstić information content (AvgIpc) is 3.33. The molecule has 0 aliphatic heterocycles. The second-order valence-corrected chi connectivity index (χ2v) is 9.37. The molecule has 2 heterocycles. The van der Waals surface area contributed by atoms with Crippen molar-refractivity contribution in [3.05, 3.63) is 68.0 Å². The third kappa shape index (κ3) is 3.80. The molecule has 2 N–H and O–H groups in total. The third-order valence-corrected chi connectivity index (χ3v) is 7.22. The van der Waals surface area contributed by atoms with Gasteiger partial charge < -0.3 is 9.84 Å². The number of aliphatic hydroxyl groups is 1. The zero-order valence-electron chi connectivity index (χ0n) is 13.7. The summed E-state index contributed by atoms with van der Waals surface area (Å²) in [5.41, 5.74) is -0.835. The number of thiophene rings is 2. The van der Waals surface area contributed by atoms with Gasteiger partial charge in [-0.15, -0.1) is 11.3 Å². The number of hydrogen-bond donors (Lipinski definition) is 2. The Morgan fingerprint density at radius 3 is 2.69 bits per heavy atom. The summed E-state index contributed by atoms with van der Waals surface area (Å²) < 4.78 is 33.2. The predicted molar refractivity (Wildman–Crippen MR) is 105 cm³/mol. The molecule has 0 radical (unpaired) electrons. The lowest BCUT2D eigenvalue weighted by Gasteiger charge is -2.27. The van der Waals surface area contributed by atoms with Gasteiger partial charge in [-0.25, -0.2) is 13.1 Å². The van der Waals surface area contributed by atoms with Gasteiger partial charge in [0.05, 0.1) is 7.11 Å². The fraction of sp³-hybridized carbons (Fsp3) is 0.176. The SMILES string of the molecule is COc1ccc(Cl)cc1S(=O)(=O)NC[C@](O)(c1ccsc1)c1cccs1. The zero-order valence-corrected chi connectivity index (χ0v) is 16.9. The predicted octanol–water partition coefficient (Wildman–Crippen LogP) is 3.69. The van der Waals surface area contributed by atoms with Gasteiger partial charge in [-0.05, 0) is 46.5 Å². The van der Waals surface area contributed by atoms with Crippen LogP contribution in [0, 0.1) is 0 Å². The van der Waals surface area contributed by atoms with Crippen molar-refractivity contribution in [2.24, 2.45) is 0 Å². The minimum Gasteiger partial charge on any atom is -0.495 e. The van der Waals surface area contributed by atoms with Crippen molar-refractivity contribution in [1.82, 2.24) is 4.72 Å². The molecule has 3 rings (SSSR count). The molecule has 0 aliphatic carbocycles. The number of methoxy groups -OCH3 is 1. The molecule has 3 aromatic rings. The summed E-state index contributed by atoms with van der Waals surface area (Å²) in [5, 5.41) is 17.0. The van der Waals surface area contributed by atoms with Gasteiger partial charge >= 0.3 is 0 Å². The van der Waals surface area contributed by atoms with E-state index in [-0.39, 0.29) is 22.2 Å². The van der Waals surface area contributed by atoms with Gasteiger partial charge in [-0.1, -0.05) is 17.7 Å². The molecule has 0 unspecified atom stereocenters. The van der Waals surface area contributed by atoms with Crippen LogP contribution in [0.2, 0.25) is 5.02 Å². The molecule has 138 valence electrons. The highest BCUT2D eigenvalue weighted by Gasteiger charge is 2.35. The smallest absolute Gasteiger partial charge is 0.244 e. The van der Waals surface area contributed by atoms with Gasteiger partial charge in [0.15, 0.2) is 0 Å². The molecule has 0 fully saturated rings. The fourth-order valence-corrected chi connectivity index (χ4v) is 5.54. The van der Waals surface area contributed by atoms with Crippen LogP contribution in [0.3, 0.4) is 0 Å². The molecule has 2 aromatic heterocycles. The maximum atomic E-state index is 12.8. The Hall–Kier alpha value is -1.42. The van der Waals surface area contributed by atoms with E-state index in [1.54, 1.807) is 23.6 Å². The molecule has 0 saturated heterocycles.